The summed E-state index contributed by atoms with van der Waals surface area (Å²) in [5.41, 5.74) is 1.55. The molecule has 0 unspecified atom stereocenters. The lowest BCUT2D eigenvalue weighted by atomic mass is 9.93. The first-order chi connectivity index (χ1) is 9.09. The highest BCUT2D eigenvalue weighted by Crippen LogP contribution is 2.36. The largest absolute Gasteiger partial charge is 0.269 e. The van der Waals surface area contributed by atoms with Crippen LogP contribution >= 0.6 is 11.6 Å². The van der Waals surface area contributed by atoms with E-state index in [9.17, 15) is 14.0 Å². The average Bonchev–Trinajstić information content (AvgIpc) is 2.66. The summed E-state index contributed by atoms with van der Waals surface area (Å²) >= 11 is 5.70. The van der Waals surface area contributed by atoms with Gasteiger partial charge in [0.2, 0.25) is 0 Å². The maximum Gasteiger partial charge on any atom is 0.261 e. The molecule has 3 rings (SSSR count). The van der Waals surface area contributed by atoms with Crippen molar-refractivity contribution in [1.82, 2.24) is 0 Å². The number of benzene rings is 1. The summed E-state index contributed by atoms with van der Waals surface area (Å²) < 4.78 is 13.1. The van der Waals surface area contributed by atoms with Crippen molar-refractivity contribution in [2.75, 3.05) is 4.90 Å². The normalized spacial score (nSPS) is 19.2. The van der Waals surface area contributed by atoms with E-state index in [1.54, 1.807) is 0 Å². The van der Waals surface area contributed by atoms with Crippen LogP contribution in [0.4, 0.5) is 10.1 Å². The van der Waals surface area contributed by atoms with Crippen LogP contribution in [-0.4, -0.2) is 11.8 Å². The van der Waals surface area contributed by atoms with Gasteiger partial charge in [0.05, 0.1) is 10.7 Å². The molecule has 98 valence electrons. The molecule has 2 aliphatic rings. The first-order valence-electron chi connectivity index (χ1n) is 6.15. The second-order valence-electron chi connectivity index (χ2n) is 4.71. The first kappa shape index (κ1) is 12.4. The second kappa shape index (κ2) is 4.46. The van der Waals surface area contributed by atoms with Gasteiger partial charge in [0, 0.05) is 11.1 Å². The molecule has 0 saturated heterocycles. The third-order valence-electron chi connectivity index (χ3n) is 3.55. The summed E-state index contributed by atoms with van der Waals surface area (Å²) in [6.45, 7) is 0. The molecule has 2 amide bonds. The summed E-state index contributed by atoms with van der Waals surface area (Å²) in [5, 5.41) is -0.0945. The highest BCUT2D eigenvalue weighted by Gasteiger charge is 2.39. The molecular weight excluding hydrogens is 269 g/mol. The average molecular weight is 280 g/mol. The van der Waals surface area contributed by atoms with Crippen LogP contribution in [0.3, 0.4) is 0 Å². The van der Waals surface area contributed by atoms with E-state index in [1.807, 2.05) is 0 Å². The van der Waals surface area contributed by atoms with Crippen molar-refractivity contribution >= 4 is 29.1 Å². The van der Waals surface area contributed by atoms with E-state index in [2.05, 4.69) is 0 Å². The van der Waals surface area contributed by atoms with Gasteiger partial charge in [-0.05, 0) is 43.9 Å². The third-order valence-corrected chi connectivity index (χ3v) is 3.84. The van der Waals surface area contributed by atoms with Crippen LogP contribution in [0.15, 0.2) is 29.3 Å². The van der Waals surface area contributed by atoms with Crippen LogP contribution < -0.4 is 4.90 Å². The predicted molar refractivity (Wildman–Crippen MR) is 69.4 cm³/mol. The summed E-state index contributed by atoms with van der Waals surface area (Å²) in [5.74, 6) is -1.15. The third kappa shape index (κ3) is 1.87. The zero-order chi connectivity index (χ0) is 13.6. The van der Waals surface area contributed by atoms with Gasteiger partial charge in [0.1, 0.15) is 5.82 Å². The minimum absolute atomic E-state index is 0.0945. The number of hydrogen-bond acceptors (Lipinski definition) is 2. The fraction of sp³-hybridized carbons (Fsp3) is 0.286. The van der Waals surface area contributed by atoms with Crippen LogP contribution in [0.5, 0.6) is 0 Å². The van der Waals surface area contributed by atoms with Gasteiger partial charge in [-0.15, -0.1) is 0 Å². The van der Waals surface area contributed by atoms with Crippen LogP contribution in [0.1, 0.15) is 25.7 Å². The number of hydrogen-bond donors (Lipinski definition) is 0. The highest BCUT2D eigenvalue weighted by atomic mass is 35.5. The molecule has 3 nitrogen and oxygen atoms in total. The summed E-state index contributed by atoms with van der Waals surface area (Å²) in [7, 11) is 0. The Morgan fingerprint density at radius 2 is 1.63 bits per heavy atom. The Hall–Kier alpha value is -1.68. The van der Waals surface area contributed by atoms with Crippen LogP contribution in [0.25, 0.3) is 0 Å². The Bertz CT molecular complexity index is 596. The van der Waals surface area contributed by atoms with E-state index >= 15 is 0 Å². The number of carbonyl (C=O) groups is 2. The van der Waals surface area contributed by atoms with Crippen molar-refractivity contribution in [3.05, 3.63) is 40.2 Å². The molecule has 0 spiro atoms. The summed E-state index contributed by atoms with van der Waals surface area (Å²) in [6.07, 6.45) is 3.14. The van der Waals surface area contributed by atoms with E-state index in [4.69, 9.17) is 11.6 Å². The number of rotatable bonds is 1. The minimum Gasteiger partial charge on any atom is -0.269 e. The fourth-order valence-electron chi connectivity index (χ4n) is 2.60. The van der Waals surface area contributed by atoms with E-state index < -0.39 is 5.82 Å². The molecule has 1 aromatic rings. The topological polar surface area (TPSA) is 37.4 Å². The fourth-order valence-corrected chi connectivity index (χ4v) is 2.77. The molecule has 1 heterocycles. The molecule has 5 heteroatoms. The van der Waals surface area contributed by atoms with Crippen molar-refractivity contribution in [2.24, 2.45) is 0 Å². The maximum absolute atomic E-state index is 13.1. The number of nitrogens with zero attached hydrogens (tertiary/aromatic N) is 1. The van der Waals surface area contributed by atoms with Crippen molar-refractivity contribution in [3.63, 3.8) is 0 Å². The number of amides is 2. The Morgan fingerprint density at radius 1 is 1.05 bits per heavy atom. The SMILES string of the molecule is O=C1C2=C(CCCC2)C(=O)N1c1ccc(F)c(Cl)c1. The molecule has 1 aliphatic carbocycles. The number of imide groups is 1. The molecule has 0 radical (unpaired) electrons. The highest BCUT2D eigenvalue weighted by molar-refractivity contribution is 6.34. The van der Waals surface area contributed by atoms with Gasteiger partial charge in [-0.2, -0.15) is 0 Å². The lowest BCUT2D eigenvalue weighted by Crippen LogP contribution is -2.31. The van der Waals surface area contributed by atoms with Gasteiger partial charge in [0.25, 0.3) is 11.8 Å². The molecule has 0 aromatic heterocycles. The quantitative estimate of drug-likeness (QED) is 0.740. The Labute approximate surface area is 114 Å². The summed E-state index contributed by atoms with van der Waals surface area (Å²) in [6, 6.07) is 3.87. The van der Waals surface area contributed by atoms with E-state index in [1.165, 1.54) is 12.1 Å². The van der Waals surface area contributed by atoms with Gasteiger partial charge in [-0.25, -0.2) is 9.29 Å². The zero-order valence-corrected chi connectivity index (χ0v) is 10.8. The minimum atomic E-state index is -0.567. The standard InChI is InChI=1S/C14H11ClFNO2/c15-11-7-8(5-6-12(11)16)17-13(18)9-3-1-2-4-10(9)14(17)19/h5-7H,1-4H2. The lowest BCUT2D eigenvalue weighted by Gasteiger charge is -2.15. The maximum atomic E-state index is 13.1. The second-order valence-corrected chi connectivity index (χ2v) is 5.12. The van der Waals surface area contributed by atoms with E-state index in [0.717, 1.165) is 23.8 Å². The Kier molecular flexibility index (Phi) is 2.90. The van der Waals surface area contributed by atoms with Gasteiger partial charge in [-0.3, -0.25) is 9.59 Å². The molecular formula is C14H11ClFNO2. The van der Waals surface area contributed by atoms with Crippen molar-refractivity contribution in [2.45, 2.75) is 25.7 Å². The lowest BCUT2D eigenvalue weighted by molar-refractivity contribution is -0.120. The number of halogens is 2. The number of carbonyl (C=O) groups excluding carboxylic acids is 2. The summed E-state index contributed by atoms with van der Waals surface area (Å²) in [4.78, 5) is 25.6. The van der Waals surface area contributed by atoms with Crippen molar-refractivity contribution < 1.29 is 14.0 Å². The van der Waals surface area contributed by atoms with E-state index in [0.29, 0.717) is 29.7 Å². The molecule has 0 saturated carbocycles. The molecule has 0 N–H and O–H groups in total. The smallest absolute Gasteiger partial charge is 0.261 e. The van der Waals surface area contributed by atoms with Gasteiger partial charge in [-0.1, -0.05) is 11.6 Å². The van der Waals surface area contributed by atoms with Crippen LogP contribution in [0, 0.1) is 5.82 Å². The Balaban J connectivity index is 2.01. The van der Waals surface area contributed by atoms with Gasteiger partial charge >= 0.3 is 0 Å². The first-order valence-corrected chi connectivity index (χ1v) is 6.53. The zero-order valence-electron chi connectivity index (χ0n) is 10.1. The molecule has 0 atom stereocenters. The van der Waals surface area contributed by atoms with Gasteiger partial charge < -0.3 is 0 Å². The molecule has 1 aliphatic heterocycles. The predicted octanol–water partition coefficient (Wildman–Crippen LogP) is 3.22. The monoisotopic (exact) mass is 279 g/mol. The number of anilines is 1. The molecule has 0 bridgehead atoms. The molecule has 19 heavy (non-hydrogen) atoms. The van der Waals surface area contributed by atoms with Crippen molar-refractivity contribution in [1.29, 1.82) is 0 Å². The Morgan fingerprint density at radius 3 is 2.16 bits per heavy atom. The molecule has 0 fully saturated rings. The van der Waals surface area contributed by atoms with Crippen LogP contribution in [0.2, 0.25) is 5.02 Å². The molecule has 1 aromatic carbocycles. The van der Waals surface area contributed by atoms with E-state index in [-0.39, 0.29) is 16.8 Å². The van der Waals surface area contributed by atoms with Gasteiger partial charge in [0.15, 0.2) is 0 Å². The van der Waals surface area contributed by atoms with Crippen LogP contribution in [-0.2, 0) is 9.59 Å². The van der Waals surface area contributed by atoms with Crippen molar-refractivity contribution in [3.8, 4) is 0 Å².